The van der Waals surface area contributed by atoms with Crippen molar-refractivity contribution >= 4 is 70.1 Å². The molecule has 0 N–H and O–H groups in total. The van der Waals surface area contributed by atoms with Gasteiger partial charge >= 0.3 is 0 Å². The van der Waals surface area contributed by atoms with Gasteiger partial charge in [0.15, 0.2) is 0 Å². The van der Waals surface area contributed by atoms with Crippen LogP contribution in [0.25, 0.3) is 52.8 Å². The van der Waals surface area contributed by atoms with Crippen LogP contribution in [0, 0.1) is 0 Å². The van der Waals surface area contributed by atoms with Crippen molar-refractivity contribution in [3.8, 4) is 11.1 Å². The van der Waals surface area contributed by atoms with E-state index in [-0.39, 0.29) is 5.41 Å². The summed E-state index contributed by atoms with van der Waals surface area (Å²) in [5.41, 5.74) is 8.96. The van der Waals surface area contributed by atoms with Gasteiger partial charge in [-0.1, -0.05) is 123 Å². The molecule has 0 unspecified atom stereocenters. The van der Waals surface area contributed by atoms with E-state index < -0.39 is 0 Å². The van der Waals surface area contributed by atoms with E-state index in [1.165, 1.54) is 81.0 Å². The van der Waals surface area contributed by atoms with Crippen LogP contribution >= 0.6 is 11.3 Å². The highest BCUT2D eigenvalue weighted by Gasteiger charge is 2.35. The summed E-state index contributed by atoms with van der Waals surface area (Å²) in [5, 5.41) is 7.71. The molecule has 0 fully saturated rings. The Hall–Kier alpha value is -4.92. The molecule has 0 saturated carbocycles. The molecule has 1 heterocycles. The molecular formula is C41H29NS. The van der Waals surface area contributed by atoms with Crippen LogP contribution in [0.3, 0.4) is 0 Å². The molecule has 0 atom stereocenters. The van der Waals surface area contributed by atoms with Crippen LogP contribution in [-0.4, -0.2) is 0 Å². The first-order valence-electron chi connectivity index (χ1n) is 14.9. The first kappa shape index (κ1) is 24.7. The summed E-state index contributed by atoms with van der Waals surface area (Å²) < 4.78 is 2.69. The quantitative estimate of drug-likeness (QED) is 0.205. The van der Waals surface area contributed by atoms with Crippen LogP contribution in [0.1, 0.15) is 25.0 Å². The Morgan fingerprint density at radius 2 is 1.12 bits per heavy atom. The minimum absolute atomic E-state index is 0.0750. The summed E-state index contributed by atoms with van der Waals surface area (Å²) >= 11 is 1.90. The van der Waals surface area contributed by atoms with Crippen LogP contribution < -0.4 is 4.90 Å². The highest BCUT2D eigenvalue weighted by Crippen LogP contribution is 2.52. The Bertz CT molecular complexity index is 2390. The van der Waals surface area contributed by atoms with Crippen molar-refractivity contribution in [2.75, 3.05) is 4.90 Å². The molecule has 0 aliphatic heterocycles. The van der Waals surface area contributed by atoms with Crippen molar-refractivity contribution in [3.05, 3.63) is 151 Å². The lowest BCUT2D eigenvalue weighted by Crippen LogP contribution is -2.16. The van der Waals surface area contributed by atoms with Crippen molar-refractivity contribution in [3.63, 3.8) is 0 Å². The van der Waals surface area contributed by atoms with E-state index in [9.17, 15) is 0 Å². The predicted octanol–water partition coefficient (Wildman–Crippen LogP) is 12.1. The third kappa shape index (κ3) is 3.51. The molecule has 7 aromatic carbocycles. The molecule has 0 saturated heterocycles. The second-order valence-electron chi connectivity index (χ2n) is 12.1. The number of rotatable bonds is 3. The topological polar surface area (TPSA) is 3.24 Å². The summed E-state index contributed by atoms with van der Waals surface area (Å²) in [6, 6.07) is 51.6. The van der Waals surface area contributed by atoms with Gasteiger partial charge in [-0.15, -0.1) is 11.3 Å². The largest absolute Gasteiger partial charge is 0.309 e. The molecule has 1 nitrogen and oxygen atoms in total. The van der Waals surface area contributed by atoms with Gasteiger partial charge in [-0.05, 0) is 58.0 Å². The molecule has 204 valence electrons. The van der Waals surface area contributed by atoms with Crippen molar-refractivity contribution in [1.82, 2.24) is 0 Å². The van der Waals surface area contributed by atoms with Crippen molar-refractivity contribution < 1.29 is 0 Å². The summed E-state index contributed by atoms with van der Waals surface area (Å²) in [6.45, 7) is 4.72. The predicted molar refractivity (Wildman–Crippen MR) is 187 cm³/mol. The van der Waals surface area contributed by atoms with Crippen LogP contribution in [0.5, 0.6) is 0 Å². The van der Waals surface area contributed by atoms with E-state index in [1.54, 1.807) is 0 Å². The van der Waals surface area contributed by atoms with Crippen LogP contribution in [0.15, 0.2) is 140 Å². The van der Waals surface area contributed by atoms with E-state index in [1.807, 2.05) is 11.3 Å². The van der Waals surface area contributed by atoms with E-state index in [0.717, 1.165) is 0 Å². The molecule has 0 bridgehead atoms. The molecular weight excluding hydrogens is 539 g/mol. The molecule has 0 amide bonds. The number of hydrogen-bond acceptors (Lipinski definition) is 2. The zero-order valence-electron chi connectivity index (χ0n) is 24.1. The Morgan fingerprint density at radius 3 is 2.02 bits per heavy atom. The minimum Gasteiger partial charge on any atom is -0.309 e. The van der Waals surface area contributed by atoms with E-state index in [2.05, 4.69) is 158 Å². The Labute approximate surface area is 255 Å². The Balaban J connectivity index is 1.34. The lowest BCUT2D eigenvalue weighted by atomic mass is 9.82. The van der Waals surface area contributed by atoms with Crippen LogP contribution in [-0.2, 0) is 5.41 Å². The fraction of sp³-hybridized carbons (Fsp3) is 0.0732. The summed E-state index contributed by atoms with van der Waals surface area (Å²) in [6.07, 6.45) is 0. The zero-order valence-corrected chi connectivity index (χ0v) is 25.0. The standard InChI is InChI=1S/C41H29NS/c1-41(2)35-17-7-5-14-29(35)30-22-21-27(25-36(30)41)42(37-18-9-12-26-11-3-4-13-28(26)37)38-19-10-16-33-31(38)23-24-34-32-15-6-8-20-39(32)43-40(33)34/h3-25H,1-2H3. The molecule has 9 rings (SSSR count). The summed E-state index contributed by atoms with van der Waals surface area (Å²) in [4.78, 5) is 2.49. The van der Waals surface area contributed by atoms with Gasteiger partial charge in [-0.25, -0.2) is 0 Å². The molecule has 0 spiro atoms. The number of nitrogens with zero attached hydrogens (tertiary/aromatic N) is 1. The zero-order chi connectivity index (χ0) is 28.7. The first-order valence-corrected chi connectivity index (χ1v) is 15.8. The van der Waals surface area contributed by atoms with Crippen LogP contribution in [0.2, 0.25) is 0 Å². The Kier molecular flexibility index (Phi) is 5.18. The average molecular weight is 568 g/mol. The fourth-order valence-corrected chi connectivity index (χ4v) is 8.59. The summed E-state index contributed by atoms with van der Waals surface area (Å²) in [5.74, 6) is 0. The maximum Gasteiger partial charge on any atom is 0.0540 e. The fourth-order valence-electron chi connectivity index (χ4n) is 7.36. The molecule has 1 aromatic heterocycles. The number of anilines is 3. The lowest BCUT2D eigenvalue weighted by molar-refractivity contribution is 0.660. The van der Waals surface area contributed by atoms with Gasteiger partial charge in [0.2, 0.25) is 0 Å². The molecule has 1 aliphatic rings. The molecule has 0 radical (unpaired) electrons. The van der Waals surface area contributed by atoms with E-state index in [0.29, 0.717) is 0 Å². The third-order valence-electron chi connectivity index (χ3n) is 9.45. The van der Waals surface area contributed by atoms with Gasteiger partial charge in [0.05, 0.1) is 11.4 Å². The van der Waals surface area contributed by atoms with Gasteiger partial charge in [0.25, 0.3) is 0 Å². The van der Waals surface area contributed by atoms with E-state index in [4.69, 9.17) is 0 Å². The minimum atomic E-state index is -0.0750. The first-order chi connectivity index (χ1) is 21.1. The smallest absolute Gasteiger partial charge is 0.0540 e. The highest BCUT2D eigenvalue weighted by molar-refractivity contribution is 7.26. The molecule has 43 heavy (non-hydrogen) atoms. The van der Waals surface area contributed by atoms with Gasteiger partial charge < -0.3 is 4.90 Å². The second-order valence-corrected chi connectivity index (χ2v) is 13.2. The number of hydrogen-bond donors (Lipinski definition) is 0. The van der Waals surface area contributed by atoms with E-state index >= 15 is 0 Å². The highest BCUT2D eigenvalue weighted by atomic mass is 32.1. The van der Waals surface area contributed by atoms with Gasteiger partial charge in [0.1, 0.15) is 0 Å². The van der Waals surface area contributed by atoms with Gasteiger partial charge in [0, 0.05) is 47.4 Å². The van der Waals surface area contributed by atoms with Gasteiger partial charge in [-0.3, -0.25) is 0 Å². The molecule has 8 aromatic rings. The average Bonchev–Trinajstić information content (AvgIpc) is 3.54. The number of thiophene rings is 1. The van der Waals surface area contributed by atoms with Crippen molar-refractivity contribution in [2.45, 2.75) is 19.3 Å². The lowest BCUT2D eigenvalue weighted by Gasteiger charge is -2.30. The number of benzene rings is 7. The summed E-state index contributed by atoms with van der Waals surface area (Å²) in [7, 11) is 0. The third-order valence-corrected chi connectivity index (χ3v) is 10.7. The molecule has 2 heteroatoms. The monoisotopic (exact) mass is 567 g/mol. The normalized spacial score (nSPS) is 13.5. The maximum atomic E-state index is 2.49. The SMILES string of the molecule is CC1(C)c2ccccc2-c2ccc(N(c3cccc4ccccc34)c3cccc4c3ccc3c5ccccc5sc43)cc21. The van der Waals surface area contributed by atoms with Crippen molar-refractivity contribution in [1.29, 1.82) is 0 Å². The van der Waals surface area contributed by atoms with Gasteiger partial charge in [-0.2, -0.15) is 0 Å². The van der Waals surface area contributed by atoms with Crippen molar-refractivity contribution in [2.24, 2.45) is 0 Å². The second kappa shape index (κ2) is 9.04. The molecule has 1 aliphatic carbocycles. The maximum absolute atomic E-state index is 2.49. The van der Waals surface area contributed by atoms with Crippen LogP contribution in [0.4, 0.5) is 17.1 Å². The number of fused-ring (bicyclic) bond motifs is 9. The Morgan fingerprint density at radius 1 is 0.488 bits per heavy atom.